The Bertz CT molecular complexity index is 199. The van der Waals surface area contributed by atoms with Gasteiger partial charge in [-0.1, -0.05) is 18.8 Å². The minimum atomic E-state index is -4.69. The Balaban J connectivity index is 0.000000845. The largest absolute Gasteiger partial charge is 1.00 e. The second kappa shape index (κ2) is 4.14. The fourth-order valence-corrected chi connectivity index (χ4v) is 2.16. The van der Waals surface area contributed by atoms with Gasteiger partial charge in [0.1, 0.15) is 0 Å². The summed E-state index contributed by atoms with van der Waals surface area (Å²) in [6.45, 7) is -4.27. The third-order valence-corrected chi connectivity index (χ3v) is 3.14. The average molecular weight is 218 g/mol. The maximum Gasteiger partial charge on any atom is 1.00 e. The van der Waals surface area contributed by atoms with Gasteiger partial charge in [0, 0.05) is 13.2 Å². The molecule has 0 radical (unpaired) electrons. The molecule has 2 rings (SSSR count). The minimum Gasteiger partial charge on any atom is -0.448 e. The van der Waals surface area contributed by atoms with Crippen LogP contribution in [-0.4, -0.2) is 20.2 Å². The Morgan fingerprint density at radius 3 is 2.62 bits per heavy atom. The van der Waals surface area contributed by atoms with Gasteiger partial charge in [0.05, 0.1) is 0 Å². The maximum atomic E-state index is 12.5. The number of halogens is 3. The van der Waals surface area contributed by atoms with Crippen LogP contribution in [0.2, 0.25) is 5.31 Å². The molecule has 0 aromatic carbocycles. The quantitative estimate of drug-likeness (QED) is 0.534. The summed E-state index contributed by atoms with van der Waals surface area (Å²) in [4.78, 5) is 0. The number of fused-ring (bicyclic) bond motifs is 1. The molecule has 2 fully saturated rings. The van der Waals surface area contributed by atoms with Crippen molar-refractivity contribution in [1.82, 2.24) is 0 Å². The van der Waals surface area contributed by atoms with Gasteiger partial charge >= 0.3 is 58.4 Å². The van der Waals surface area contributed by atoms with Crippen LogP contribution in [-0.2, 0) is 4.74 Å². The molecule has 1 heterocycles. The van der Waals surface area contributed by atoms with Crippen LogP contribution < -0.4 is 51.4 Å². The normalized spacial score (nSPS) is 38.5. The molecule has 0 bridgehead atoms. The summed E-state index contributed by atoms with van der Waals surface area (Å²) < 4.78 is 42.6. The second-order valence-electron chi connectivity index (χ2n) is 3.90. The van der Waals surface area contributed by atoms with E-state index in [4.69, 9.17) is 4.74 Å². The van der Waals surface area contributed by atoms with Gasteiger partial charge in [0.15, 0.2) is 0 Å². The van der Waals surface area contributed by atoms with E-state index in [0.29, 0.717) is 19.4 Å². The Hall–Kier alpha value is 1.45. The van der Waals surface area contributed by atoms with Crippen LogP contribution in [0.25, 0.3) is 0 Å². The van der Waals surface area contributed by atoms with E-state index in [1.54, 1.807) is 0 Å². The van der Waals surface area contributed by atoms with Crippen LogP contribution >= 0.6 is 0 Å². The van der Waals surface area contributed by atoms with Crippen molar-refractivity contribution in [3.63, 3.8) is 0 Å². The van der Waals surface area contributed by atoms with Crippen molar-refractivity contribution in [2.45, 2.75) is 24.6 Å². The molecule has 0 amide bonds. The Morgan fingerprint density at radius 1 is 1.31 bits per heavy atom. The molecule has 0 N–H and O–H groups in total. The van der Waals surface area contributed by atoms with Crippen molar-refractivity contribution in [1.29, 1.82) is 0 Å². The second-order valence-corrected chi connectivity index (χ2v) is 3.90. The van der Waals surface area contributed by atoms with E-state index in [9.17, 15) is 12.9 Å². The molecule has 6 heteroatoms. The third kappa shape index (κ3) is 2.18. The average Bonchev–Trinajstić information content (AvgIpc) is 2.55. The molecule has 2 aliphatic rings. The summed E-state index contributed by atoms with van der Waals surface area (Å²) in [5.74, 6) is -0.125. The zero-order chi connectivity index (χ0) is 8.82. The molecule has 2 atom stereocenters. The van der Waals surface area contributed by atoms with Crippen LogP contribution in [0, 0.1) is 5.92 Å². The van der Waals surface area contributed by atoms with Crippen molar-refractivity contribution in [2.75, 3.05) is 13.2 Å². The Labute approximate surface area is 118 Å². The molecule has 1 aliphatic carbocycles. The van der Waals surface area contributed by atoms with E-state index in [0.717, 1.165) is 6.42 Å². The van der Waals surface area contributed by atoms with Crippen molar-refractivity contribution in [3.8, 4) is 0 Å². The van der Waals surface area contributed by atoms with Gasteiger partial charge in [-0.3, -0.25) is 0 Å². The number of hydrogen-bond acceptors (Lipinski definition) is 1. The molecule has 70 valence electrons. The molecular formula is C7H11BF3KO. The zero-order valence-electron chi connectivity index (χ0n) is 7.73. The van der Waals surface area contributed by atoms with Crippen molar-refractivity contribution in [3.05, 3.63) is 0 Å². The standard InChI is InChI=1S/C7H11BF3O.K/c9-8(10,11)7-4-6(7)2-1-3-12-5-7;/h6H,1-5H2;/q-1;+1. The first-order chi connectivity index (χ1) is 5.56. The first-order valence-corrected chi connectivity index (χ1v) is 4.33. The van der Waals surface area contributed by atoms with Crippen LogP contribution in [0.4, 0.5) is 12.9 Å². The first kappa shape index (κ1) is 12.5. The Morgan fingerprint density at radius 2 is 2.00 bits per heavy atom. The molecular weight excluding hydrogens is 207 g/mol. The monoisotopic (exact) mass is 218 g/mol. The predicted molar refractivity (Wildman–Crippen MR) is 39.9 cm³/mol. The number of hydrogen-bond donors (Lipinski definition) is 0. The summed E-state index contributed by atoms with van der Waals surface area (Å²) in [6, 6.07) is 0. The van der Waals surface area contributed by atoms with E-state index in [1.165, 1.54) is 0 Å². The summed E-state index contributed by atoms with van der Waals surface area (Å²) >= 11 is 0. The summed E-state index contributed by atoms with van der Waals surface area (Å²) in [5.41, 5.74) is 0. The molecule has 1 nitrogen and oxygen atoms in total. The van der Waals surface area contributed by atoms with Crippen molar-refractivity contribution >= 4 is 6.98 Å². The smallest absolute Gasteiger partial charge is 0.448 e. The fraction of sp³-hybridized carbons (Fsp3) is 1.00. The third-order valence-electron chi connectivity index (χ3n) is 3.14. The SMILES string of the molecule is F[B-](F)(F)C12COCCCC1C2.[K+]. The van der Waals surface area contributed by atoms with Crippen molar-refractivity contribution < 1.29 is 69.1 Å². The molecule has 0 spiro atoms. The van der Waals surface area contributed by atoms with E-state index >= 15 is 0 Å². The zero-order valence-corrected chi connectivity index (χ0v) is 10.9. The van der Waals surface area contributed by atoms with Gasteiger partial charge in [0.2, 0.25) is 0 Å². The summed E-state index contributed by atoms with van der Waals surface area (Å²) in [6.07, 6.45) is 1.80. The van der Waals surface area contributed by atoms with Gasteiger partial charge in [-0.15, -0.1) is 0 Å². The van der Waals surface area contributed by atoms with E-state index in [2.05, 4.69) is 0 Å². The minimum absolute atomic E-state index is 0. The van der Waals surface area contributed by atoms with E-state index in [-0.39, 0.29) is 63.9 Å². The van der Waals surface area contributed by atoms with Gasteiger partial charge < -0.3 is 17.7 Å². The molecule has 1 saturated carbocycles. The van der Waals surface area contributed by atoms with Gasteiger partial charge in [0.25, 0.3) is 0 Å². The molecule has 2 unspecified atom stereocenters. The Kier molecular flexibility index (Phi) is 3.98. The maximum absolute atomic E-state index is 12.5. The van der Waals surface area contributed by atoms with E-state index < -0.39 is 12.3 Å². The van der Waals surface area contributed by atoms with Crippen molar-refractivity contribution in [2.24, 2.45) is 5.92 Å². The molecule has 1 saturated heterocycles. The fourth-order valence-electron chi connectivity index (χ4n) is 2.16. The first-order valence-electron chi connectivity index (χ1n) is 4.33. The van der Waals surface area contributed by atoms with Gasteiger partial charge in [-0.05, 0) is 11.7 Å². The van der Waals surface area contributed by atoms with E-state index in [1.807, 2.05) is 0 Å². The molecule has 1 aliphatic heterocycles. The van der Waals surface area contributed by atoms with Gasteiger partial charge in [-0.25, -0.2) is 0 Å². The number of ether oxygens (including phenoxy) is 1. The van der Waals surface area contributed by atoms with Crippen LogP contribution in [0.3, 0.4) is 0 Å². The molecule has 13 heavy (non-hydrogen) atoms. The van der Waals surface area contributed by atoms with Crippen LogP contribution in [0.1, 0.15) is 19.3 Å². The summed E-state index contributed by atoms with van der Waals surface area (Å²) in [7, 11) is 0. The molecule has 0 aromatic rings. The molecule has 0 aromatic heterocycles. The summed E-state index contributed by atoms with van der Waals surface area (Å²) in [5, 5.41) is -1.39. The van der Waals surface area contributed by atoms with Crippen LogP contribution in [0.5, 0.6) is 0 Å². The van der Waals surface area contributed by atoms with Crippen LogP contribution in [0.15, 0.2) is 0 Å². The topological polar surface area (TPSA) is 9.23 Å². The number of rotatable bonds is 1. The predicted octanol–water partition coefficient (Wildman–Crippen LogP) is -0.592. The van der Waals surface area contributed by atoms with Gasteiger partial charge in [-0.2, -0.15) is 0 Å².